The highest BCUT2D eigenvalue weighted by Crippen LogP contribution is 2.27. The molecular weight excluding hydrogens is 294 g/mol. The predicted molar refractivity (Wildman–Crippen MR) is 86.1 cm³/mol. The number of nitrogens with zero attached hydrogens (tertiary/aromatic N) is 2. The van der Waals surface area contributed by atoms with E-state index in [0.29, 0.717) is 50.0 Å². The minimum Gasteiger partial charge on any atom is -0.466 e. The number of piperidine rings is 1. The van der Waals surface area contributed by atoms with Gasteiger partial charge in [-0.3, -0.25) is 9.59 Å². The molecule has 6 nitrogen and oxygen atoms in total. The Labute approximate surface area is 136 Å². The number of carbonyl (C=O) groups excluding carboxylic acids is 2. The number of nitrogens with one attached hydrogen (secondary N) is 1. The van der Waals surface area contributed by atoms with Gasteiger partial charge in [0.2, 0.25) is 0 Å². The Kier molecular flexibility index (Phi) is 4.79. The molecule has 2 heterocycles. The highest BCUT2D eigenvalue weighted by molar-refractivity contribution is 5.98. The van der Waals surface area contributed by atoms with Crippen LogP contribution in [-0.4, -0.2) is 47.5 Å². The molecule has 1 aromatic rings. The fraction of sp³-hybridized carbons (Fsp3) is 0.588. The van der Waals surface area contributed by atoms with Crippen molar-refractivity contribution < 1.29 is 14.3 Å². The third-order valence-electron chi connectivity index (χ3n) is 4.36. The summed E-state index contributed by atoms with van der Waals surface area (Å²) in [5, 5.41) is 3.32. The topological polar surface area (TPSA) is 71.5 Å². The average Bonchev–Trinajstić information content (AvgIpc) is 3.39. The van der Waals surface area contributed by atoms with Gasteiger partial charge in [-0.2, -0.15) is 0 Å². The molecule has 1 saturated carbocycles. The van der Waals surface area contributed by atoms with E-state index in [1.807, 2.05) is 17.9 Å². The van der Waals surface area contributed by atoms with Crippen molar-refractivity contribution in [1.82, 2.24) is 9.88 Å². The summed E-state index contributed by atoms with van der Waals surface area (Å²) >= 11 is 0. The first-order chi connectivity index (χ1) is 11.2. The summed E-state index contributed by atoms with van der Waals surface area (Å²) < 4.78 is 5.07. The SMILES string of the molecule is CCOC(=O)C1CCN(C(=O)c2cccnc2NC2CC2)CC1. The van der Waals surface area contributed by atoms with Gasteiger partial charge in [-0.15, -0.1) is 0 Å². The number of pyridine rings is 1. The zero-order chi connectivity index (χ0) is 16.2. The number of amides is 1. The summed E-state index contributed by atoms with van der Waals surface area (Å²) in [6, 6.07) is 4.06. The maximum absolute atomic E-state index is 12.8. The van der Waals surface area contributed by atoms with Gasteiger partial charge < -0.3 is 15.0 Å². The Morgan fingerprint density at radius 2 is 2.04 bits per heavy atom. The van der Waals surface area contributed by atoms with Crippen LogP contribution in [0.15, 0.2) is 18.3 Å². The zero-order valence-electron chi connectivity index (χ0n) is 13.5. The van der Waals surface area contributed by atoms with Gasteiger partial charge in [0.1, 0.15) is 5.82 Å². The molecule has 0 radical (unpaired) electrons. The molecule has 3 rings (SSSR count). The van der Waals surface area contributed by atoms with Crippen LogP contribution in [0, 0.1) is 5.92 Å². The summed E-state index contributed by atoms with van der Waals surface area (Å²) in [6.07, 6.45) is 5.30. The van der Waals surface area contributed by atoms with Crippen molar-refractivity contribution in [2.75, 3.05) is 25.0 Å². The smallest absolute Gasteiger partial charge is 0.309 e. The number of ether oxygens (including phenoxy) is 1. The van der Waals surface area contributed by atoms with Gasteiger partial charge in [-0.25, -0.2) is 4.98 Å². The number of hydrogen-bond acceptors (Lipinski definition) is 5. The van der Waals surface area contributed by atoms with Crippen LogP contribution in [0.25, 0.3) is 0 Å². The lowest BCUT2D eigenvalue weighted by Gasteiger charge is -2.31. The third-order valence-corrected chi connectivity index (χ3v) is 4.36. The van der Waals surface area contributed by atoms with E-state index in [-0.39, 0.29) is 17.8 Å². The van der Waals surface area contributed by atoms with E-state index >= 15 is 0 Å². The molecular formula is C17H23N3O3. The molecule has 0 atom stereocenters. The molecule has 0 unspecified atom stereocenters. The monoisotopic (exact) mass is 317 g/mol. The van der Waals surface area contributed by atoms with Crippen LogP contribution >= 0.6 is 0 Å². The van der Waals surface area contributed by atoms with E-state index in [4.69, 9.17) is 4.74 Å². The normalized spacial score (nSPS) is 18.6. The standard InChI is InChI=1S/C17H23N3O3/c1-2-23-17(22)12-7-10-20(11-8-12)16(21)14-4-3-9-18-15(14)19-13-5-6-13/h3-4,9,12-13H,2,5-8,10-11H2,1H3,(H,18,19). The van der Waals surface area contributed by atoms with E-state index in [9.17, 15) is 9.59 Å². The summed E-state index contributed by atoms with van der Waals surface area (Å²) in [4.78, 5) is 30.7. The number of esters is 1. The Morgan fingerprint density at radius 3 is 2.70 bits per heavy atom. The number of aromatic nitrogens is 1. The second-order valence-corrected chi connectivity index (χ2v) is 6.14. The minimum absolute atomic E-state index is 0.0106. The highest BCUT2D eigenvalue weighted by Gasteiger charge is 2.30. The van der Waals surface area contributed by atoms with E-state index < -0.39 is 0 Å². The van der Waals surface area contributed by atoms with Gasteiger partial charge in [0.25, 0.3) is 5.91 Å². The number of anilines is 1. The molecule has 1 amide bonds. The molecule has 1 aliphatic carbocycles. The number of likely N-dealkylation sites (tertiary alicyclic amines) is 1. The van der Waals surface area contributed by atoms with Crippen LogP contribution < -0.4 is 5.32 Å². The van der Waals surface area contributed by atoms with Crippen LogP contribution in [0.2, 0.25) is 0 Å². The van der Waals surface area contributed by atoms with Gasteiger partial charge in [0, 0.05) is 25.3 Å². The van der Waals surface area contributed by atoms with Gasteiger partial charge in [0.05, 0.1) is 18.1 Å². The van der Waals surface area contributed by atoms with Crippen molar-refractivity contribution in [3.05, 3.63) is 23.9 Å². The third kappa shape index (κ3) is 3.81. The number of hydrogen-bond donors (Lipinski definition) is 1. The summed E-state index contributed by atoms with van der Waals surface area (Å²) in [7, 11) is 0. The van der Waals surface area contributed by atoms with Crippen LogP contribution in [0.5, 0.6) is 0 Å². The molecule has 0 spiro atoms. The van der Waals surface area contributed by atoms with Gasteiger partial charge >= 0.3 is 5.97 Å². The van der Waals surface area contributed by atoms with Crippen molar-refractivity contribution in [1.29, 1.82) is 0 Å². The second kappa shape index (κ2) is 6.98. The summed E-state index contributed by atoms with van der Waals surface area (Å²) in [6.45, 7) is 3.39. The molecule has 0 aromatic carbocycles. The first kappa shape index (κ1) is 15.8. The van der Waals surface area contributed by atoms with E-state index in [1.54, 1.807) is 12.3 Å². The van der Waals surface area contributed by atoms with Gasteiger partial charge in [0.15, 0.2) is 0 Å². The van der Waals surface area contributed by atoms with Gasteiger partial charge in [-0.05, 0) is 44.7 Å². The van der Waals surface area contributed by atoms with Gasteiger partial charge in [-0.1, -0.05) is 0 Å². The Bertz CT molecular complexity index is 578. The van der Waals surface area contributed by atoms with Crippen molar-refractivity contribution >= 4 is 17.7 Å². The Hall–Kier alpha value is -2.11. The van der Waals surface area contributed by atoms with Crippen LogP contribution in [0.1, 0.15) is 43.0 Å². The molecule has 1 aromatic heterocycles. The highest BCUT2D eigenvalue weighted by atomic mass is 16.5. The fourth-order valence-electron chi connectivity index (χ4n) is 2.86. The van der Waals surface area contributed by atoms with E-state index in [2.05, 4.69) is 10.3 Å². The molecule has 0 bridgehead atoms. The zero-order valence-corrected chi connectivity index (χ0v) is 13.5. The van der Waals surface area contributed by atoms with Crippen molar-refractivity contribution in [2.24, 2.45) is 5.92 Å². The minimum atomic E-state index is -0.142. The van der Waals surface area contributed by atoms with Crippen LogP contribution in [0.3, 0.4) is 0 Å². The van der Waals surface area contributed by atoms with Crippen molar-refractivity contribution in [3.8, 4) is 0 Å². The quantitative estimate of drug-likeness (QED) is 0.842. The molecule has 23 heavy (non-hydrogen) atoms. The van der Waals surface area contributed by atoms with Crippen LogP contribution in [-0.2, 0) is 9.53 Å². The van der Waals surface area contributed by atoms with E-state index in [0.717, 1.165) is 12.8 Å². The first-order valence-corrected chi connectivity index (χ1v) is 8.36. The molecule has 6 heteroatoms. The molecule has 1 N–H and O–H groups in total. The maximum atomic E-state index is 12.8. The summed E-state index contributed by atoms with van der Waals surface area (Å²) in [5.74, 6) is 0.435. The molecule has 124 valence electrons. The largest absolute Gasteiger partial charge is 0.466 e. The maximum Gasteiger partial charge on any atom is 0.309 e. The molecule has 2 aliphatic rings. The number of rotatable bonds is 5. The molecule has 2 fully saturated rings. The lowest BCUT2D eigenvalue weighted by molar-refractivity contribution is -0.149. The number of carbonyl (C=O) groups is 2. The summed E-state index contributed by atoms with van der Waals surface area (Å²) in [5.41, 5.74) is 0.619. The van der Waals surface area contributed by atoms with E-state index in [1.165, 1.54) is 0 Å². The van der Waals surface area contributed by atoms with Crippen molar-refractivity contribution in [3.63, 3.8) is 0 Å². The van der Waals surface area contributed by atoms with Crippen LogP contribution in [0.4, 0.5) is 5.82 Å². The first-order valence-electron chi connectivity index (χ1n) is 8.36. The molecule has 1 saturated heterocycles. The predicted octanol–water partition coefficient (Wildman–Crippen LogP) is 2.07. The Morgan fingerprint density at radius 1 is 1.30 bits per heavy atom. The molecule has 1 aliphatic heterocycles. The van der Waals surface area contributed by atoms with Crippen molar-refractivity contribution in [2.45, 2.75) is 38.6 Å². The fourth-order valence-corrected chi connectivity index (χ4v) is 2.86. The average molecular weight is 317 g/mol. The lowest BCUT2D eigenvalue weighted by atomic mass is 9.96. The second-order valence-electron chi connectivity index (χ2n) is 6.14. The lowest BCUT2D eigenvalue weighted by Crippen LogP contribution is -2.41. The Balaban J connectivity index is 1.62.